The highest BCUT2D eigenvalue weighted by Gasteiger charge is 2.21. The maximum Gasteiger partial charge on any atom is 0.143 e. The highest BCUT2D eigenvalue weighted by atomic mass is 16.3. The van der Waals surface area contributed by atoms with Gasteiger partial charge in [0.1, 0.15) is 11.2 Å². The number of benzene rings is 10. The van der Waals surface area contributed by atoms with Gasteiger partial charge in [-0.2, -0.15) is 0 Å². The molecule has 0 fully saturated rings. The zero-order chi connectivity index (χ0) is 45.8. The van der Waals surface area contributed by atoms with Crippen LogP contribution in [0, 0.1) is 0 Å². The van der Waals surface area contributed by atoms with E-state index in [2.05, 4.69) is 4.57 Å². The molecule has 59 heavy (non-hydrogen) atoms. The van der Waals surface area contributed by atoms with E-state index in [-0.39, 0.29) is 46.7 Å². The van der Waals surface area contributed by atoms with Crippen molar-refractivity contribution in [1.29, 1.82) is 0 Å². The number of anilines is 3. The first-order valence-electron chi connectivity index (χ1n) is 23.5. The van der Waals surface area contributed by atoms with Crippen LogP contribution in [-0.4, -0.2) is 4.57 Å². The van der Waals surface area contributed by atoms with E-state index in [1.54, 1.807) is 24.3 Å². The van der Waals surface area contributed by atoms with Gasteiger partial charge in [0.25, 0.3) is 0 Å². The number of furan rings is 1. The van der Waals surface area contributed by atoms with Crippen molar-refractivity contribution in [2.45, 2.75) is 0 Å². The molecule has 12 aromatic rings. The number of hydrogen-bond donors (Lipinski definition) is 0. The van der Waals surface area contributed by atoms with Crippen molar-refractivity contribution in [3.8, 4) is 27.9 Å². The number of rotatable bonds is 6. The largest absolute Gasteiger partial charge is 0.455 e. The third-order valence-corrected chi connectivity index (χ3v) is 11.3. The number of aromatic nitrogens is 1. The summed E-state index contributed by atoms with van der Waals surface area (Å²) in [5.41, 5.74) is 4.91. The van der Waals surface area contributed by atoms with Gasteiger partial charge in [-0.1, -0.05) is 139 Å². The average Bonchev–Trinajstić information content (AvgIpc) is 3.91. The maximum absolute atomic E-state index is 9.83. The van der Waals surface area contributed by atoms with Crippen LogP contribution in [0.4, 0.5) is 17.1 Å². The number of hydrogen-bond acceptors (Lipinski definition) is 2. The fourth-order valence-electron chi connectivity index (χ4n) is 8.53. The van der Waals surface area contributed by atoms with Crippen molar-refractivity contribution in [3.05, 3.63) is 218 Å². The lowest BCUT2D eigenvalue weighted by Gasteiger charge is -2.26. The third kappa shape index (κ3) is 5.44. The summed E-state index contributed by atoms with van der Waals surface area (Å²) >= 11 is 0. The summed E-state index contributed by atoms with van der Waals surface area (Å²) in [6, 6.07) is 51.0. The lowest BCUT2D eigenvalue weighted by molar-refractivity contribution is 0.672. The molecule has 0 saturated carbocycles. The smallest absolute Gasteiger partial charge is 0.143 e. The molecule has 10 aromatic carbocycles. The van der Waals surface area contributed by atoms with Crippen LogP contribution in [0.3, 0.4) is 0 Å². The van der Waals surface area contributed by atoms with Gasteiger partial charge in [0, 0.05) is 38.6 Å². The van der Waals surface area contributed by atoms with Gasteiger partial charge in [-0.05, 0) is 117 Å². The molecule has 3 nitrogen and oxygen atoms in total. The Morgan fingerprint density at radius 3 is 1.80 bits per heavy atom. The van der Waals surface area contributed by atoms with Gasteiger partial charge < -0.3 is 13.9 Å². The third-order valence-electron chi connectivity index (χ3n) is 11.3. The van der Waals surface area contributed by atoms with E-state index in [4.69, 9.17) is 4.42 Å². The monoisotopic (exact) mass is 760 g/mol. The SMILES string of the molecule is [2H]c1c([2H])c(N(c2c([2H])c([2H])c(-c3ccc4c(c3)c3ccccc3n4-c3ccccc3)c([2H])c2[2H])c2cccc3oc4c5ccccc5ccc4c23)c([2H])c([2H])c1-c1ccc2ccccc2c1. The minimum absolute atomic E-state index is 0.0850. The molecule has 0 radical (unpaired) electrons. The molecular weight excluding hydrogens is 717 g/mol. The Bertz CT molecular complexity index is 3990. The molecule has 0 atom stereocenters. The van der Waals surface area contributed by atoms with Crippen molar-refractivity contribution in [1.82, 2.24) is 4.57 Å². The molecule has 2 heterocycles. The van der Waals surface area contributed by atoms with E-state index < -0.39 is 24.2 Å². The molecule has 0 bridgehead atoms. The van der Waals surface area contributed by atoms with Gasteiger partial charge in [-0.15, -0.1) is 0 Å². The molecule has 0 spiro atoms. The van der Waals surface area contributed by atoms with Crippen LogP contribution >= 0.6 is 0 Å². The van der Waals surface area contributed by atoms with Crippen molar-refractivity contribution in [3.63, 3.8) is 0 Å². The predicted octanol–water partition coefficient (Wildman–Crippen LogP) is 15.8. The Morgan fingerprint density at radius 1 is 0.407 bits per heavy atom. The molecule has 0 aliphatic heterocycles. The van der Waals surface area contributed by atoms with Gasteiger partial charge in [-0.25, -0.2) is 0 Å². The lowest BCUT2D eigenvalue weighted by atomic mass is 10.00. The highest BCUT2D eigenvalue weighted by molar-refractivity contribution is 6.19. The van der Waals surface area contributed by atoms with Crippen molar-refractivity contribution < 1.29 is 15.4 Å². The molecule has 0 unspecified atom stereocenters. The summed E-state index contributed by atoms with van der Waals surface area (Å²) in [7, 11) is 0. The predicted molar refractivity (Wildman–Crippen MR) is 249 cm³/mol. The fourth-order valence-corrected chi connectivity index (χ4v) is 8.53. The van der Waals surface area contributed by atoms with Crippen molar-refractivity contribution in [2.75, 3.05) is 4.90 Å². The first-order valence-corrected chi connectivity index (χ1v) is 19.5. The Hall–Kier alpha value is -7.88. The van der Waals surface area contributed by atoms with Gasteiger partial charge in [0.05, 0.1) is 33.1 Å². The van der Waals surface area contributed by atoms with Gasteiger partial charge in [0.2, 0.25) is 0 Å². The summed E-state index contributed by atoms with van der Waals surface area (Å²) < 4.78 is 86.2. The second-order valence-corrected chi connectivity index (χ2v) is 14.7. The Morgan fingerprint density at radius 2 is 1.02 bits per heavy atom. The van der Waals surface area contributed by atoms with Crippen LogP contribution in [0.15, 0.2) is 223 Å². The maximum atomic E-state index is 9.83. The van der Waals surface area contributed by atoms with E-state index >= 15 is 0 Å². The van der Waals surface area contributed by atoms with Crippen LogP contribution in [0.1, 0.15) is 11.0 Å². The van der Waals surface area contributed by atoms with E-state index in [0.29, 0.717) is 38.8 Å². The zero-order valence-electron chi connectivity index (χ0n) is 39.5. The molecule has 3 heteroatoms. The van der Waals surface area contributed by atoms with E-state index in [9.17, 15) is 11.0 Å². The summed E-state index contributed by atoms with van der Waals surface area (Å²) in [6.07, 6.45) is 0. The molecular formula is C56H36N2O. The number of fused-ring (bicyclic) bond motifs is 9. The van der Waals surface area contributed by atoms with Crippen molar-refractivity contribution in [2.24, 2.45) is 0 Å². The van der Waals surface area contributed by atoms with Crippen LogP contribution in [0.25, 0.3) is 93.2 Å². The first-order chi connectivity index (χ1) is 32.6. The minimum Gasteiger partial charge on any atom is -0.455 e. The molecule has 0 aliphatic rings. The van der Waals surface area contributed by atoms with Gasteiger partial charge in [0.15, 0.2) is 0 Å². The quantitative estimate of drug-likeness (QED) is 0.168. The standard InChI is InChI=1S/C56H36N2O/c1-2-14-44(15-3-1)58-51-18-9-8-17-48(51)50-36-43(28-34-52(50)58)39-25-31-46(32-26-39)57(45-29-23-38(24-30-45)42-22-21-37-11-4-5-13-41(37)35-42)53-19-10-20-54-55(53)49-33-27-40-12-6-7-16-47(40)56(49)59-54/h1-36H/i23D,24D,25D,26D,29D,30D,31D,32D. The van der Waals surface area contributed by atoms with Crippen LogP contribution in [0.5, 0.6) is 0 Å². The van der Waals surface area contributed by atoms with Gasteiger partial charge in [-0.3, -0.25) is 0 Å². The van der Waals surface area contributed by atoms with E-state index in [1.165, 1.54) is 4.90 Å². The zero-order valence-corrected chi connectivity index (χ0v) is 31.5. The topological polar surface area (TPSA) is 21.3 Å². The lowest BCUT2D eigenvalue weighted by Crippen LogP contribution is -2.10. The molecule has 0 amide bonds. The highest BCUT2D eigenvalue weighted by Crippen LogP contribution is 2.45. The summed E-state index contributed by atoms with van der Waals surface area (Å²) in [6.45, 7) is 0. The fraction of sp³-hybridized carbons (Fsp3) is 0. The molecule has 276 valence electrons. The summed E-state index contributed by atoms with van der Waals surface area (Å²) in [4.78, 5) is 1.37. The summed E-state index contributed by atoms with van der Waals surface area (Å²) in [5, 5.41) is 6.71. The van der Waals surface area contributed by atoms with Crippen molar-refractivity contribution >= 4 is 82.4 Å². The molecule has 2 aromatic heterocycles. The average molecular weight is 761 g/mol. The van der Waals surface area contributed by atoms with Gasteiger partial charge >= 0.3 is 0 Å². The molecule has 0 aliphatic carbocycles. The van der Waals surface area contributed by atoms with Crippen LogP contribution < -0.4 is 4.90 Å². The first kappa shape index (κ1) is 26.1. The van der Waals surface area contributed by atoms with E-state index in [0.717, 1.165) is 49.0 Å². The van der Waals surface area contributed by atoms with E-state index in [1.807, 2.05) is 146 Å². The number of para-hydroxylation sites is 2. The minimum atomic E-state index is -0.423. The second kappa shape index (κ2) is 13.4. The number of nitrogens with zero attached hydrogens (tertiary/aromatic N) is 2. The summed E-state index contributed by atoms with van der Waals surface area (Å²) in [5.74, 6) is 0. The molecule has 0 saturated heterocycles. The normalized spacial score (nSPS) is 13.6. The Labute approximate surface area is 352 Å². The van der Waals surface area contributed by atoms with Crippen LogP contribution in [0.2, 0.25) is 0 Å². The van der Waals surface area contributed by atoms with Crippen LogP contribution in [-0.2, 0) is 0 Å². The Balaban J connectivity index is 1.12. The molecule has 12 rings (SSSR count). The Kier molecular flexibility index (Phi) is 5.92. The molecule has 0 N–H and O–H groups in total. The second-order valence-electron chi connectivity index (χ2n) is 14.7.